The van der Waals surface area contributed by atoms with E-state index in [1.807, 2.05) is 0 Å². The molecule has 0 unspecified atom stereocenters. The van der Waals surface area contributed by atoms with Gasteiger partial charge in [-0.2, -0.15) is 13.2 Å². The molecule has 0 aliphatic heterocycles. The van der Waals surface area contributed by atoms with Crippen molar-refractivity contribution in [2.45, 2.75) is 6.18 Å². The molecule has 0 aliphatic rings. The van der Waals surface area contributed by atoms with E-state index in [1.54, 1.807) is 0 Å². The van der Waals surface area contributed by atoms with E-state index in [0.29, 0.717) is 0 Å². The Morgan fingerprint density at radius 1 is 1.54 bits per heavy atom. The molecule has 0 N–H and O–H groups in total. The normalized spacial score (nSPS) is 11.7. The van der Waals surface area contributed by atoms with Crippen LogP contribution in [0.4, 0.5) is 18.9 Å². The molecule has 0 bridgehead atoms. The average Bonchev–Trinajstić information content (AvgIpc) is 2.28. The Bertz CT molecular complexity index is 348. The number of thiophene rings is 1. The highest BCUT2D eigenvalue weighted by Gasteiger charge is 2.41. The lowest BCUT2D eigenvalue weighted by Gasteiger charge is -2.01. The van der Waals surface area contributed by atoms with Gasteiger partial charge < -0.3 is 0 Å². The number of rotatable bonds is 1. The van der Waals surface area contributed by atoms with Crippen LogP contribution in [0.3, 0.4) is 0 Å². The molecule has 0 fully saturated rings. The van der Waals surface area contributed by atoms with E-state index >= 15 is 0 Å². The van der Waals surface area contributed by atoms with Gasteiger partial charge in [0.05, 0.1) is 4.92 Å². The Hall–Kier alpha value is -0.820. The zero-order valence-corrected chi connectivity index (χ0v) is 7.33. The molecule has 0 aromatic carbocycles. The zero-order valence-electron chi connectivity index (χ0n) is 5.76. The first-order valence-corrected chi connectivity index (χ1v) is 4.08. The van der Waals surface area contributed by atoms with Crippen molar-refractivity contribution in [2.24, 2.45) is 0 Å². The van der Waals surface area contributed by atoms with Crippen molar-refractivity contribution in [3.8, 4) is 0 Å². The van der Waals surface area contributed by atoms with Gasteiger partial charge in [0, 0.05) is 5.38 Å². The fourth-order valence-corrected chi connectivity index (χ4v) is 1.82. The predicted molar refractivity (Wildman–Crippen MR) is 41.0 cm³/mol. The number of hydrogen-bond donors (Lipinski definition) is 0. The zero-order chi connectivity index (χ0) is 10.2. The lowest BCUT2D eigenvalue weighted by molar-refractivity contribution is -0.387. The minimum absolute atomic E-state index is 0.213. The monoisotopic (exact) mass is 231 g/mol. The first kappa shape index (κ1) is 10.3. The van der Waals surface area contributed by atoms with Gasteiger partial charge in [-0.3, -0.25) is 10.1 Å². The summed E-state index contributed by atoms with van der Waals surface area (Å²) in [6.45, 7) is 0. The minimum Gasteiger partial charge on any atom is -0.258 e. The van der Waals surface area contributed by atoms with Gasteiger partial charge in [0.25, 0.3) is 0 Å². The summed E-state index contributed by atoms with van der Waals surface area (Å²) in [4.78, 5) is 7.77. The maximum atomic E-state index is 12.1. The van der Waals surface area contributed by atoms with Gasteiger partial charge >= 0.3 is 11.9 Å². The highest BCUT2D eigenvalue weighted by molar-refractivity contribution is 7.11. The number of halogens is 4. The van der Waals surface area contributed by atoms with Gasteiger partial charge in [-0.1, -0.05) is 11.6 Å². The van der Waals surface area contributed by atoms with Crippen LogP contribution in [0.15, 0.2) is 5.38 Å². The summed E-state index contributed by atoms with van der Waals surface area (Å²) in [6.07, 6.45) is -4.72. The number of alkyl halides is 3. The van der Waals surface area contributed by atoms with Gasteiger partial charge in [-0.15, -0.1) is 11.3 Å². The molecule has 1 aromatic rings. The molecule has 0 radical (unpaired) electrons. The third-order valence-corrected chi connectivity index (χ3v) is 2.59. The first-order valence-electron chi connectivity index (χ1n) is 2.82. The molecule has 13 heavy (non-hydrogen) atoms. The van der Waals surface area contributed by atoms with Crippen LogP contribution in [0.5, 0.6) is 0 Å². The molecular formula is C5HClF3NO2S. The van der Waals surface area contributed by atoms with Crippen molar-refractivity contribution in [3.05, 3.63) is 25.4 Å². The second-order valence-electron chi connectivity index (χ2n) is 2.02. The van der Waals surface area contributed by atoms with Crippen LogP contribution in [0.25, 0.3) is 0 Å². The molecule has 0 saturated carbocycles. The number of nitro groups is 1. The third kappa shape index (κ3) is 1.92. The van der Waals surface area contributed by atoms with Gasteiger partial charge in [0.2, 0.25) is 0 Å². The van der Waals surface area contributed by atoms with Crippen LogP contribution >= 0.6 is 22.9 Å². The second-order valence-corrected chi connectivity index (χ2v) is 3.30. The van der Waals surface area contributed by atoms with Crippen molar-refractivity contribution in [1.82, 2.24) is 0 Å². The van der Waals surface area contributed by atoms with Gasteiger partial charge in [-0.25, -0.2) is 0 Å². The Kier molecular flexibility index (Phi) is 2.49. The molecule has 0 spiro atoms. The molecule has 1 aromatic heterocycles. The van der Waals surface area contributed by atoms with Crippen LogP contribution < -0.4 is 0 Å². The van der Waals surface area contributed by atoms with Gasteiger partial charge in [0.1, 0.15) is 5.02 Å². The smallest absolute Gasteiger partial charge is 0.258 e. The average molecular weight is 232 g/mol. The van der Waals surface area contributed by atoms with E-state index in [0.717, 1.165) is 5.38 Å². The summed E-state index contributed by atoms with van der Waals surface area (Å²) >= 11 is 5.43. The van der Waals surface area contributed by atoms with Crippen molar-refractivity contribution >= 4 is 28.6 Å². The van der Waals surface area contributed by atoms with Crippen LogP contribution in [-0.2, 0) is 6.18 Å². The van der Waals surface area contributed by atoms with E-state index in [4.69, 9.17) is 11.6 Å². The van der Waals surface area contributed by atoms with Crippen LogP contribution in [-0.4, -0.2) is 4.92 Å². The Morgan fingerprint density at radius 2 is 2.08 bits per heavy atom. The molecule has 8 heteroatoms. The van der Waals surface area contributed by atoms with Crippen LogP contribution in [0.1, 0.15) is 4.88 Å². The van der Waals surface area contributed by atoms with Crippen molar-refractivity contribution in [1.29, 1.82) is 0 Å². The van der Waals surface area contributed by atoms with E-state index < -0.39 is 26.7 Å². The highest BCUT2D eigenvalue weighted by atomic mass is 35.5. The minimum atomic E-state index is -4.72. The second kappa shape index (κ2) is 3.15. The lowest BCUT2D eigenvalue weighted by atomic mass is 10.4. The fourth-order valence-electron chi connectivity index (χ4n) is 0.702. The molecule has 0 atom stereocenters. The Balaban J connectivity index is 3.31. The maximum Gasteiger partial charge on any atom is 0.432 e. The quantitative estimate of drug-likeness (QED) is 0.550. The van der Waals surface area contributed by atoms with E-state index in [9.17, 15) is 23.3 Å². The lowest BCUT2D eigenvalue weighted by Crippen LogP contribution is -2.05. The summed E-state index contributed by atoms with van der Waals surface area (Å²) in [7, 11) is 0. The molecule has 0 aliphatic carbocycles. The van der Waals surface area contributed by atoms with Crippen LogP contribution in [0.2, 0.25) is 5.02 Å². The van der Waals surface area contributed by atoms with Crippen molar-refractivity contribution in [3.63, 3.8) is 0 Å². The first-order chi connectivity index (χ1) is 5.84. The predicted octanol–water partition coefficient (Wildman–Crippen LogP) is 3.33. The largest absolute Gasteiger partial charge is 0.432 e. The van der Waals surface area contributed by atoms with E-state index in [-0.39, 0.29) is 11.3 Å². The summed E-state index contributed by atoms with van der Waals surface area (Å²) in [6, 6.07) is 0. The van der Waals surface area contributed by atoms with Crippen molar-refractivity contribution < 1.29 is 18.1 Å². The molecular weight excluding hydrogens is 231 g/mol. The van der Waals surface area contributed by atoms with E-state index in [1.165, 1.54) is 0 Å². The number of nitrogens with zero attached hydrogens (tertiary/aromatic N) is 1. The topological polar surface area (TPSA) is 43.1 Å². The molecule has 0 amide bonds. The summed E-state index contributed by atoms with van der Waals surface area (Å²) in [5.74, 6) is 0. The van der Waals surface area contributed by atoms with Crippen molar-refractivity contribution in [2.75, 3.05) is 0 Å². The molecule has 3 nitrogen and oxygen atoms in total. The summed E-state index contributed by atoms with van der Waals surface area (Å²) < 4.78 is 36.2. The molecule has 1 rings (SSSR count). The molecule has 72 valence electrons. The Morgan fingerprint density at radius 3 is 2.38 bits per heavy atom. The maximum absolute atomic E-state index is 12.1. The van der Waals surface area contributed by atoms with Crippen LogP contribution in [0, 0.1) is 10.1 Å². The number of hydrogen-bond acceptors (Lipinski definition) is 3. The van der Waals surface area contributed by atoms with Gasteiger partial charge in [0.15, 0.2) is 4.88 Å². The third-order valence-electron chi connectivity index (χ3n) is 1.16. The molecule has 1 heterocycles. The summed E-state index contributed by atoms with van der Waals surface area (Å²) in [5, 5.41) is 10.6. The Labute approximate surface area is 78.9 Å². The highest BCUT2D eigenvalue weighted by Crippen LogP contribution is 2.44. The summed E-state index contributed by atoms with van der Waals surface area (Å²) in [5.41, 5.74) is -1.07. The molecule has 0 saturated heterocycles. The standard InChI is InChI=1S/C5HClF3NO2S/c6-2-1-13-4(5(7,8)9)3(2)10(11)12/h1H. The van der Waals surface area contributed by atoms with E-state index in [2.05, 4.69) is 0 Å². The SMILES string of the molecule is O=[N+]([O-])c1c(Cl)csc1C(F)(F)F. The fraction of sp³-hybridized carbons (Fsp3) is 0.200. The van der Waals surface area contributed by atoms with Gasteiger partial charge in [-0.05, 0) is 0 Å².